The average molecular weight is 471 g/mol. The number of aromatic nitrogens is 3. The van der Waals surface area contributed by atoms with Crippen LogP contribution in [-0.2, 0) is 7.05 Å². The Bertz CT molecular complexity index is 1660. The first-order valence-electron chi connectivity index (χ1n) is 11.4. The van der Waals surface area contributed by atoms with Crippen molar-refractivity contribution in [2.75, 3.05) is 5.32 Å². The average Bonchev–Trinajstić information content (AvgIpc) is 3.27. The van der Waals surface area contributed by atoms with Gasteiger partial charge < -0.3 is 14.6 Å². The topological polar surface area (TPSA) is 99.5 Å². The van der Waals surface area contributed by atoms with Crippen LogP contribution in [0.4, 0.5) is 11.6 Å². The Hall–Kier alpha value is -5.14. The van der Waals surface area contributed by atoms with E-state index in [0.717, 1.165) is 39.0 Å². The molecule has 2 aromatic heterocycles. The summed E-state index contributed by atoms with van der Waals surface area (Å²) in [5.41, 5.74) is 7.21. The number of nitrogens with zero attached hydrogens (tertiary/aromatic N) is 5. The zero-order valence-electron chi connectivity index (χ0n) is 20.1. The molecule has 0 aliphatic heterocycles. The first kappa shape index (κ1) is 22.6. The molecule has 0 aliphatic carbocycles. The lowest BCUT2D eigenvalue weighted by Crippen LogP contribution is -2.02. The molecule has 0 spiro atoms. The van der Waals surface area contributed by atoms with E-state index in [4.69, 9.17) is 10.00 Å². The molecule has 7 heteroatoms. The highest BCUT2D eigenvalue weighted by molar-refractivity contribution is 5.83. The SMILES string of the molecule is Cc1cc(-c2ccccc2C#N)cc(C)c1Oc1nc(Nc2ccc(C#N)cc2)nc2ccn(C)c12. The Morgan fingerprint density at radius 2 is 1.61 bits per heavy atom. The van der Waals surface area contributed by atoms with Crippen molar-refractivity contribution in [1.29, 1.82) is 10.5 Å². The minimum absolute atomic E-state index is 0.392. The predicted molar refractivity (Wildman–Crippen MR) is 139 cm³/mol. The van der Waals surface area contributed by atoms with Gasteiger partial charge in [-0.2, -0.15) is 15.5 Å². The predicted octanol–water partition coefficient (Wildman–Crippen LogP) is 6.53. The van der Waals surface area contributed by atoms with Crippen molar-refractivity contribution in [3.8, 4) is 34.9 Å². The fraction of sp³-hybridized carbons (Fsp3) is 0.103. The van der Waals surface area contributed by atoms with Gasteiger partial charge in [-0.15, -0.1) is 0 Å². The van der Waals surface area contributed by atoms with Crippen molar-refractivity contribution in [3.05, 3.63) is 95.2 Å². The van der Waals surface area contributed by atoms with Crippen LogP contribution in [0.1, 0.15) is 22.3 Å². The van der Waals surface area contributed by atoms with Crippen molar-refractivity contribution in [2.45, 2.75) is 13.8 Å². The summed E-state index contributed by atoms with van der Waals surface area (Å²) in [5.74, 6) is 1.53. The summed E-state index contributed by atoms with van der Waals surface area (Å²) in [4.78, 5) is 9.32. The molecule has 0 aliphatic rings. The highest BCUT2D eigenvalue weighted by Gasteiger charge is 2.17. The lowest BCUT2D eigenvalue weighted by Gasteiger charge is -2.16. The third-order valence-electron chi connectivity index (χ3n) is 5.98. The zero-order chi connectivity index (χ0) is 25.2. The fourth-order valence-corrected chi connectivity index (χ4v) is 4.24. The van der Waals surface area contributed by atoms with E-state index in [9.17, 15) is 5.26 Å². The van der Waals surface area contributed by atoms with Crippen LogP contribution < -0.4 is 10.1 Å². The lowest BCUT2D eigenvalue weighted by atomic mass is 9.96. The van der Waals surface area contributed by atoms with Gasteiger partial charge in [-0.3, -0.25) is 0 Å². The first-order valence-corrected chi connectivity index (χ1v) is 11.4. The van der Waals surface area contributed by atoms with E-state index in [1.165, 1.54) is 0 Å². The molecule has 0 saturated carbocycles. The summed E-state index contributed by atoms with van der Waals surface area (Å²) < 4.78 is 8.36. The number of nitriles is 2. The van der Waals surface area contributed by atoms with Crippen molar-refractivity contribution in [1.82, 2.24) is 14.5 Å². The van der Waals surface area contributed by atoms with Gasteiger partial charge in [-0.25, -0.2) is 4.98 Å². The first-order chi connectivity index (χ1) is 17.5. The number of benzene rings is 3. The van der Waals surface area contributed by atoms with Gasteiger partial charge in [-0.1, -0.05) is 18.2 Å². The van der Waals surface area contributed by atoms with E-state index >= 15 is 0 Å². The Kier molecular flexibility index (Phi) is 5.82. The summed E-state index contributed by atoms with van der Waals surface area (Å²) in [6.07, 6.45) is 1.92. The number of aryl methyl sites for hydroxylation is 3. The molecule has 2 heterocycles. The Balaban J connectivity index is 1.54. The molecule has 0 atom stereocenters. The van der Waals surface area contributed by atoms with Gasteiger partial charge in [0.25, 0.3) is 0 Å². The number of hydrogen-bond acceptors (Lipinski definition) is 6. The van der Waals surface area contributed by atoms with Gasteiger partial charge in [0.15, 0.2) is 0 Å². The molecule has 3 aromatic carbocycles. The Labute approximate surface area is 208 Å². The van der Waals surface area contributed by atoms with Crippen LogP contribution in [0.15, 0.2) is 72.9 Å². The van der Waals surface area contributed by atoms with Crippen molar-refractivity contribution >= 4 is 22.7 Å². The van der Waals surface area contributed by atoms with E-state index < -0.39 is 0 Å². The molecule has 0 bridgehead atoms. The summed E-state index contributed by atoms with van der Waals surface area (Å²) in [6.45, 7) is 3.97. The fourth-order valence-electron chi connectivity index (χ4n) is 4.24. The molecule has 7 nitrogen and oxygen atoms in total. The quantitative estimate of drug-likeness (QED) is 0.313. The number of anilines is 2. The summed E-state index contributed by atoms with van der Waals surface area (Å²) in [5, 5.41) is 21.8. The van der Waals surface area contributed by atoms with Gasteiger partial charge >= 0.3 is 0 Å². The highest BCUT2D eigenvalue weighted by atomic mass is 16.5. The summed E-state index contributed by atoms with van der Waals surface area (Å²) >= 11 is 0. The number of fused-ring (bicyclic) bond motifs is 1. The minimum Gasteiger partial charge on any atom is -0.436 e. The molecule has 0 fully saturated rings. The van der Waals surface area contributed by atoms with E-state index in [1.54, 1.807) is 12.1 Å². The van der Waals surface area contributed by atoms with Crippen LogP contribution in [-0.4, -0.2) is 14.5 Å². The molecule has 174 valence electrons. The van der Waals surface area contributed by atoms with Gasteiger partial charge in [0.05, 0.1) is 28.8 Å². The maximum Gasteiger partial charge on any atom is 0.249 e. The van der Waals surface area contributed by atoms with Gasteiger partial charge in [-0.05, 0) is 84.6 Å². The number of nitrogens with one attached hydrogen (secondary N) is 1. The number of hydrogen-bond donors (Lipinski definition) is 1. The van der Waals surface area contributed by atoms with Gasteiger partial charge in [0.1, 0.15) is 11.3 Å². The summed E-state index contributed by atoms with van der Waals surface area (Å²) in [7, 11) is 1.92. The smallest absolute Gasteiger partial charge is 0.249 e. The molecule has 0 amide bonds. The third-order valence-corrected chi connectivity index (χ3v) is 5.98. The maximum absolute atomic E-state index is 9.52. The van der Waals surface area contributed by atoms with Crippen LogP contribution in [0, 0.1) is 36.5 Å². The monoisotopic (exact) mass is 470 g/mol. The van der Waals surface area contributed by atoms with Crippen LogP contribution in [0.25, 0.3) is 22.2 Å². The van der Waals surface area contributed by atoms with Gasteiger partial charge in [0.2, 0.25) is 11.8 Å². The lowest BCUT2D eigenvalue weighted by molar-refractivity contribution is 0.459. The van der Waals surface area contributed by atoms with Crippen LogP contribution in [0.2, 0.25) is 0 Å². The number of ether oxygens (including phenoxy) is 1. The van der Waals surface area contributed by atoms with Crippen LogP contribution >= 0.6 is 0 Å². The second-order valence-corrected chi connectivity index (χ2v) is 8.53. The second kappa shape index (κ2) is 9.25. The van der Waals surface area contributed by atoms with E-state index in [2.05, 4.69) is 27.4 Å². The molecule has 0 radical (unpaired) electrons. The number of rotatable bonds is 5. The van der Waals surface area contributed by atoms with Crippen LogP contribution in [0.3, 0.4) is 0 Å². The van der Waals surface area contributed by atoms with Crippen molar-refractivity contribution < 1.29 is 4.74 Å². The standard InChI is InChI=1S/C29H22N6O/c1-18-14-22(24-7-5-4-6-21(24)17-31)15-19(2)27(18)36-28-26-25(12-13-35(26)3)33-29(34-28)32-23-10-8-20(16-30)9-11-23/h4-15H,1-3H3,(H,32,33,34). The minimum atomic E-state index is 0.392. The van der Waals surface area contributed by atoms with E-state index in [-0.39, 0.29) is 0 Å². The van der Waals surface area contributed by atoms with Crippen LogP contribution in [0.5, 0.6) is 11.6 Å². The normalized spacial score (nSPS) is 10.6. The molecule has 36 heavy (non-hydrogen) atoms. The molecule has 5 rings (SSSR count). The molecule has 1 N–H and O–H groups in total. The molecule has 5 aromatic rings. The van der Waals surface area contributed by atoms with Gasteiger partial charge in [0, 0.05) is 18.9 Å². The highest BCUT2D eigenvalue weighted by Crippen LogP contribution is 2.36. The van der Waals surface area contributed by atoms with E-state index in [1.807, 2.05) is 86.3 Å². The van der Waals surface area contributed by atoms with Crippen molar-refractivity contribution in [2.24, 2.45) is 7.05 Å². The molecular weight excluding hydrogens is 448 g/mol. The molecular formula is C29H22N6O. The Morgan fingerprint density at radius 1 is 0.889 bits per heavy atom. The molecule has 0 saturated heterocycles. The molecule has 0 unspecified atom stereocenters. The van der Waals surface area contributed by atoms with Crippen molar-refractivity contribution in [3.63, 3.8) is 0 Å². The zero-order valence-corrected chi connectivity index (χ0v) is 20.1. The Morgan fingerprint density at radius 3 is 2.31 bits per heavy atom. The maximum atomic E-state index is 9.52. The summed E-state index contributed by atoms with van der Waals surface area (Å²) in [6, 6.07) is 25.0. The third kappa shape index (κ3) is 4.22. The largest absolute Gasteiger partial charge is 0.436 e. The van der Waals surface area contributed by atoms with E-state index in [0.29, 0.717) is 28.7 Å². The second-order valence-electron chi connectivity index (χ2n) is 8.53.